The third-order valence-corrected chi connectivity index (χ3v) is 2.41. The van der Waals surface area contributed by atoms with Crippen molar-refractivity contribution in [2.24, 2.45) is 0 Å². The summed E-state index contributed by atoms with van der Waals surface area (Å²) >= 11 is 0. The van der Waals surface area contributed by atoms with Crippen molar-refractivity contribution in [2.45, 2.75) is 12.5 Å². The molecule has 0 aliphatic rings. The minimum atomic E-state index is -0.574. The first-order chi connectivity index (χ1) is 9.15. The molecule has 1 aromatic carbocycles. The molecule has 5 nitrogen and oxygen atoms in total. The Kier molecular flexibility index (Phi) is 6.44. The second kappa shape index (κ2) is 8.14. The van der Waals surface area contributed by atoms with Crippen molar-refractivity contribution >= 4 is 11.7 Å². The summed E-state index contributed by atoms with van der Waals surface area (Å²) in [5.74, 6) is 2.49. The minimum Gasteiger partial charge on any atom is -0.391 e. The number of ether oxygens (including phenoxy) is 1. The predicted molar refractivity (Wildman–Crippen MR) is 73.9 cm³/mol. The number of anilines is 1. The highest BCUT2D eigenvalue weighted by Gasteiger charge is 2.05. The maximum atomic E-state index is 11.6. The average Bonchev–Trinajstić information content (AvgIpc) is 2.39. The number of amides is 2. The van der Waals surface area contributed by atoms with Gasteiger partial charge in [-0.2, -0.15) is 0 Å². The summed E-state index contributed by atoms with van der Waals surface area (Å²) in [4.78, 5) is 11.6. The fourth-order valence-corrected chi connectivity index (χ4v) is 1.49. The highest BCUT2D eigenvalue weighted by Crippen LogP contribution is 2.09. The standard InChI is InChI=1S/C14H18N2O3/c1-3-11-5-4-6-12(9-11)16-14(18)15-8-7-13(17)10-19-2/h1,4-6,9,13,17H,7-8,10H2,2H3,(H2,15,16,18). The molecule has 0 aliphatic carbocycles. The Morgan fingerprint density at radius 2 is 2.37 bits per heavy atom. The van der Waals surface area contributed by atoms with E-state index in [2.05, 4.69) is 16.6 Å². The maximum absolute atomic E-state index is 11.6. The van der Waals surface area contributed by atoms with Gasteiger partial charge in [0.25, 0.3) is 0 Å². The Bertz CT molecular complexity index is 454. The van der Waals surface area contributed by atoms with Crippen LogP contribution >= 0.6 is 0 Å². The number of hydrogen-bond acceptors (Lipinski definition) is 3. The van der Waals surface area contributed by atoms with E-state index in [0.29, 0.717) is 24.2 Å². The Morgan fingerprint density at radius 3 is 3.05 bits per heavy atom. The molecule has 1 aromatic rings. The lowest BCUT2D eigenvalue weighted by Gasteiger charge is -2.11. The highest BCUT2D eigenvalue weighted by molar-refractivity contribution is 5.89. The molecule has 2 amide bonds. The number of benzene rings is 1. The molecular weight excluding hydrogens is 244 g/mol. The molecule has 102 valence electrons. The molecule has 0 saturated carbocycles. The molecule has 0 fully saturated rings. The van der Waals surface area contributed by atoms with Crippen molar-refractivity contribution in [1.82, 2.24) is 5.32 Å². The third-order valence-electron chi connectivity index (χ3n) is 2.41. The number of urea groups is 1. The molecule has 0 spiro atoms. The van der Waals surface area contributed by atoms with E-state index in [-0.39, 0.29) is 12.6 Å². The zero-order valence-corrected chi connectivity index (χ0v) is 10.8. The van der Waals surface area contributed by atoms with Crippen LogP contribution in [0.3, 0.4) is 0 Å². The van der Waals surface area contributed by atoms with Crippen LogP contribution in [0.25, 0.3) is 0 Å². The number of hydrogen-bond donors (Lipinski definition) is 3. The fraction of sp³-hybridized carbons (Fsp3) is 0.357. The average molecular weight is 262 g/mol. The smallest absolute Gasteiger partial charge is 0.319 e. The van der Waals surface area contributed by atoms with Gasteiger partial charge in [0.2, 0.25) is 0 Å². The number of aliphatic hydroxyl groups excluding tert-OH is 1. The van der Waals surface area contributed by atoms with Crippen LogP contribution in [-0.4, -0.2) is 37.5 Å². The topological polar surface area (TPSA) is 70.6 Å². The van der Waals surface area contributed by atoms with Gasteiger partial charge in [0.15, 0.2) is 0 Å². The van der Waals surface area contributed by atoms with Gasteiger partial charge >= 0.3 is 6.03 Å². The van der Waals surface area contributed by atoms with Gasteiger partial charge in [-0.15, -0.1) is 6.42 Å². The number of rotatable bonds is 6. The maximum Gasteiger partial charge on any atom is 0.319 e. The Labute approximate surface area is 113 Å². The monoisotopic (exact) mass is 262 g/mol. The van der Waals surface area contributed by atoms with Gasteiger partial charge in [0.1, 0.15) is 0 Å². The molecule has 5 heteroatoms. The van der Waals surface area contributed by atoms with E-state index in [1.807, 2.05) is 0 Å². The van der Waals surface area contributed by atoms with Crippen LogP contribution in [0, 0.1) is 12.3 Å². The number of aliphatic hydroxyl groups is 1. The van der Waals surface area contributed by atoms with E-state index in [1.54, 1.807) is 24.3 Å². The molecule has 0 bridgehead atoms. The molecule has 0 aliphatic heterocycles. The van der Waals surface area contributed by atoms with Crippen LogP contribution in [0.5, 0.6) is 0 Å². The quantitative estimate of drug-likeness (QED) is 0.674. The fourth-order valence-electron chi connectivity index (χ4n) is 1.49. The first-order valence-corrected chi connectivity index (χ1v) is 5.94. The lowest BCUT2D eigenvalue weighted by Crippen LogP contribution is -2.32. The minimum absolute atomic E-state index is 0.257. The van der Waals surface area contributed by atoms with Crippen molar-refractivity contribution < 1.29 is 14.6 Å². The van der Waals surface area contributed by atoms with E-state index in [1.165, 1.54) is 7.11 Å². The van der Waals surface area contributed by atoms with Gasteiger partial charge in [-0.3, -0.25) is 0 Å². The molecule has 19 heavy (non-hydrogen) atoms. The molecule has 3 N–H and O–H groups in total. The Balaban J connectivity index is 2.33. The molecule has 0 aromatic heterocycles. The molecule has 1 unspecified atom stereocenters. The lowest BCUT2D eigenvalue weighted by molar-refractivity contribution is 0.0599. The van der Waals surface area contributed by atoms with Crippen molar-refractivity contribution in [3.8, 4) is 12.3 Å². The summed E-state index contributed by atoms with van der Waals surface area (Å²) in [6, 6.07) is 6.68. The molecular formula is C14H18N2O3. The molecule has 1 atom stereocenters. The van der Waals surface area contributed by atoms with E-state index in [9.17, 15) is 9.90 Å². The predicted octanol–water partition coefficient (Wildman–Crippen LogP) is 1.19. The number of carbonyl (C=O) groups excluding carboxylic acids is 1. The largest absolute Gasteiger partial charge is 0.391 e. The first kappa shape index (κ1) is 15.0. The van der Waals surface area contributed by atoms with Crippen LogP contribution in [0.4, 0.5) is 10.5 Å². The number of methoxy groups -OCH3 is 1. The highest BCUT2D eigenvalue weighted by atomic mass is 16.5. The van der Waals surface area contributed by atoms with Crippen LogP contribution in [0.15, 0.2) is 24.3 Å². The molecule has 1 rings (SSSR count). The van der Waals surface area contributed by atoms with Gasteiger partial charge in [-0.1, -0.05) is 12.0 Å². The normalized spacial score (nSPS) is 11.4. The van der Waals surface area contributed by atoms with E-state index in [0.717, 1.165) is 0 Å². The summed E-state index contributed by atoms with van der Waals surface area (Å²) in [6.45, 7) is 0.624. The molecule has 0 saturated heterocycles. The zero-order valence-electron chi connectivity index (χ0n) is 10.8. The van der Waals surface area contributed by atoms with Gasteiger partial charge in [-0.25, -0.2) is 4.79 Å². The number of terminal acetylenes is 1. The lowest BCUT2D eigenvalue weighted by atomic mass is 10.2. The first-order valence-electron chi connectivity index (χ1n) is 5.94. The second-order valence-electron chi connectivity index (χ2n) is 4.00. The van der Waals surface area contributed by atoms with Crippen LogP contribution in [-0.2, 0) is 4.74 Å². The van der Waals surface area contributed by atoms with Gasteiger partial charge in [-0.05, 0) is 24.6 Å². The SMILES string of the molecule is C#Cc1cccc(NC(=O)NCCC(O)COC)c1. The van der Waals surface area contributed by atoms with E-state index in [4.69, 9.17) is 11.2 Å². The van der Waals surface area contributed by atoms with Crippen LogP contribution < -0.4 is 10.6 Å². The van der Waals surface area contributed by atoms with Crippen molar-refractivity contribution in [3.05, 3.63) is 29.8 Å². The number of carbonyl (C=O) groups is 1. The van der Waals surface area contributed by atoms with E-state index >= 15 is 0 Å². The Hall–Kier alpha value is -2.03. The third kappa shape index (κ3) is 5.91. The zero-order chi connectivity index (χ0) is 14.1. The van der Waals surface area contributed by atoms with Gasteiger partial charge in [0, 0.05) is 24.9 Å². The van der Waals surface area contributed by atoms with Crippen LogP contribution in [0.1, 0.15) is 12.0 Å². The summed E-state index contributed by atoms with van der Waals surface area (Å²) in [5, 5.41) is 14.7. The molecule has 0 radical (unpaired) electrons. The van der Waals surface area contributed by atoms with E-state index < -0.39 is 6.10 Å². The number of nitrogens with one attached hydrogen (secondary N) is 2. The van der Waals surface area contributed by atoms with Crippen molar-refractivity contribution in [1.29, 1.82) is 0 Å². The van der Waals surface area contributed by atoms with Gasteiger partial charge in [0.05, 0.1) is 12.7 Å². The van der Waals surface area contributed by atoms with Gasteiger partial charge < -0.3 is 20.5 Å². The summed E-state index contributed by atoms with van der Waals surface area (Å²) in [5.41, 5.74) is 1.33. The summed E-state index contributed by atoms with van der Waals surface area (Å²) < 4.78 is 4.79. The summed E-state index contributed by atoms with van der Waals surface area (Å²) in [6.07, 6.45) is 5.14. The molecule has 0 heterocycles. The second-order valence-corrected chi connectivity index (χ2v) is 4.00. The van der Waals surface area contributed by atoms with Crippen molar-refractivity contribution in [2.75, 3.05) is 25.6 Å². The Morgan fingerprint density at radius 1 is 1.58 bits per heavy atom. The van der Waals surface area contributed by atoms with Crippen molar-refractivity contribution in [3.63, 3.8) is 0 Å². The summed E-state index contributed by atoms with van der Waals surface area (Å²) in [7, 11) is 1.52. The van der Waals surface area contributed by atoms with Crippen LogP contribution in [0.2, 0.25) is 0 Å².